The Balaban J connectivity index is 2.96. The number of sulfonamides is 1. The normalized spacial score (nSPS) is 11.1. The molecule has 1 aromatic carbocycles. The van der Waals surface area contributed by atoms with Crippen molar-refractivity contribution in [2.24, 2.45) is 0 Å². The van der Waals surface area contributed by atoms with E-state index in [1.807, 2.05) is 6.07 Å². The van der Waals surface area contributed by atoms with Crippen LogP contribution < -0.4 is 10.0 Å². The fourth-order valence-electron chi connectivity index (χ4n) is 1.18. The Morgan fingerprint density at radius 2 is 2.12 bits per heavy atom. The van der Waals surface area contributed by atoms with E-state index in [-0.39, 0.29) is 16.5 Å². The molecule has 1 aromatic rings. The van der Waals surface area contributed by atoms with Gasteiger partial charge in [0.15, 0.2) is 0 Å². The summed E-state index contributed by atoms with van der Waals surface area (Å²) in [4.78, 5) is -0.0192. The minimum absolute atomic E-state index is 0.0192. The SMILES string of the molecule is CNCCNS(=O)(=O)c1ccc(C#N)cc1Cl. The van der Waals surface area contributed by atoms with Crippen LogP contribution in [-0.4, -0.2) is 28.6 Å². The minimum atomic E-state index is -3.62. The number of halogens is 1. The number of hydrogen-bond donors (Lipinski definition) is 2. The lowest BCUT2D eigenvalue weighted by atomic mass is 10.2. The number of nitrogens with zero attached hydrogens (tertiary/aromatic N) is 1. The average Bonchev–Trinajstić information content (AvgIpc) is 2.28. The standard InChI is InChI=1S/C10H12ClN3O2S/c1-13-4-5-14-17(15,16)10-3-2-8(7-12)6-9(10)11/h2-3,6,13-14H,4-5H2,1H3. The molecule has 0 unspecified atom stereocenters. The molecule has 7 heteroatoms. The highest BCUT2D eigenvalue weighted by molar-refractivity contribution is 7.89. The molecule has 0 bridgehead atoms. The molecule has 0 atom stereocenters. The van der Waals surface area contributed by atoms with E-state index in [0.29, 0.717) is 12.1 Å². The number of likely N-dealkylation sites (N-methyl/N-ethyl adjacent to an activating group) is 1. The first-order valence-electron chi connectivity index (χ1n) is 4.85. The van der Waals surface area contributed by atoms with Crippen molar-refractivity contribution < 1.29 is 8.42 Å². The van der Waals surface area contributed by atoms with Gasteiger partial charge in [0.2, 0.25) is 10.0 Å². The molecule has 0 aromatic heterocycles. The molecule has 0 radical (unpaired) electrons. The van der Waals surface area contributed by atoms with Crippen LogP contribution in [0.3, 0.4) is 0 Å². The highest BCUT2D eigenvalue weighted by Crippen LogP contribution is 2.22. The van der Waals surface area contributed by atoms with Crippen LogP contribution in [0.1, 0.15) is 5.56 Å². The van der Waals surface area contributed by atoms with Gasteiger partial charge < -0.3 is 5.32 Å². The largest absolute Gasteiger partial charge is 0.318 e. The second-order valence-corrected chi connectivity index (χ2v) is 5.40. The van der Waals surface area contributed by atoms with Gasteiger partial charge >= 0.3 is 0 Å². The maximum Gasteiger partial charge on any atom is 0.242 e. The van der Waals surface area contributed by atoms with E-state index < -0.39 is 10.0 Å². The van der Waals surface area contributed by atoms with Crippen LogP contribution in [0.5, 0.6) is 0 Å². The molecule has 0 saturated heterocycles. The van der Waals surface area contributed by atoms with E-state index in [1.54, 1.807) is 7.05 Å². The van der Waals surface area contributed by atoms with Gasteiger partial charge in [-0.2, -0.15) is 5.26 Å². The summed E-state index contributed by atoms with van der Waals surface area (Å²) in [5.41, 5.74) is 0.323. The van der Waals surface area contributed by atoms with Gasteiger partial charge in [-0.05, 0) is 25.2 Å². The lowest BCUT2D eigenvalue weighted by molar-refractivity contribution is 0.579. The van der Waals surface area contributed by atoms with Crippen LogP contribution in [0.25, 0.3) is 0 Å². The van der Waals surface area contributed by atoms with Gasteiger partial charge in [0.25, 0.3) is 0 Å². The fourth-order valence-corrected chi connectivity index (χ4v) is 2.75. The molecule has 0 aliphatic heterocycles. The molecule has 0 fully saturated rings. The van der Waals surface area contributed by atoms with Gasteiger partial charge in [-0.3, -0.25) is 0 Å². The van der Waals surface area contributed by atoms with E-state index in [1.165, 1.54) is 18.2 Å². The van der Waals surface area contributed by atoms with Crippen LogP contribution in [0.4, 0.5) is 0 Å². The maximum atomic E-state index is 11.8. The molecule has 1 rings (SSSR count). The molecule has 0 amide bonds. The second-order valence-electron chi connectivity index (χ2n) is 3.26. The average molecular weight is 274 g/mol. The second kappa shape index (κ2) is 5.98. The first-order valence-corrected chi connectivity index (χ1v) is 6.71. The molecule has 0 spiro atoms. The zero-order chi connectivity index (χ0) is 12.9. The first kappa shape index (κ1) is 13.9. The maximum absolute atomic E-state index is 11.8. The zero-order valence-corrected chi connectivity index (χ0v) is 10.8. The lowest BCUT2D eigenvalue weighted by Crippen LogP contribution is -2.30. The predicted octanol–water partition coefficient (Wildman–Crippen LogP) is 0.709. The number of nitrogens with one attached hydrogen (secondary N) is 2. The van der Waals surface area contributed by atoms with Crippen molar-refractivity contribution in [1.29, 1.82) is 5.26 Å². The Labute approximate surface area is 105 Å². The topological polar surface area (TPSA) is 82.0 Å². The lowest BCUT2D eigenvalue weighted by Gasteiger charge is -2.08. The first-order chi connectivity index (χ1) is 8.01. The third kappa shape index (κ3) is 3.68. The molecule has 17 heavy (non-hydrogen) atoms. The highest BCUT2D eigenvalue weighted by Gasteiger charge is 2.17. The molecule has 2 N–H and O–H groups in total. The molecule has 0 heterocycles. The quantitative estimate of drug-likeness (QED) is 0.774. The summed E-state index contributed by atoms with van der Waals surface area (Å²) in [7, 11) is -1.89. The number of nitriles is 1. The highest BCUT2D eigenvalue weighted by atomic mass is 35.5. The van der Waals surface area contributed by atoms with Crippen LogP contribution in [0, 0.1) is 11.3 Å². The van der Waals surface area contributed by atoms with Crippen molar-refractivity contribution in [2.75, 3.05) is 20.1 Å². The molecular formula is C10H12ClN3O2S. The third-order valence-electron chi connectivity index (χ3n) is 2.02. The molecular weight excluding hydrogens is 262 g/mol. The summed E-state index contributed by atoms with van der Waals surface area (Å²) < 4.78 is 26.0. The summed E-state index contributed by atoms with van der Waals surface area (Å²) in [5, 5.41) is 11.5. The minimum Gasteiger partial charge on any atom is -0.318 e. The third-order valence-corrected chi connectivity index (χ3v) is 3.96. The van der Waals surface area contributed by atoms with Gasteiger partial charge in [-0.15, -0.1) is 0 Å². The Kier molecular flexibility index (Phi) is 4.90. The Morgan fingerprint density at radius 1 is 1.41 bits per heavy atom. The van der Waals surface area contributed by atoms with Crippen LogP contribution in [0.15, 0.2) is 23.1 Å². The summed E-state index contributed by atoms with van der Waals surface area (Å²) in [5.74, 6) is 0. The monoisotopic (exact) mass is 273 g/mol. The van der Waals surface area contributed by atoms with E-state index in [2.05, 4.69) is 10.0 Å². The molecule has 0 aliphatic rings. The number of rotatable bonds is 5. The smallest absolute Gasteiger partial charge is 0.242 e. The number of benzene rings is 1. The van der Waals surface area contributed by atoms with Crippen molar-refractivity contribution in [3.8, 4) is 6.07 Å². The number of hydrogen-bond acceptors (Lipinski definition) is 4. The van der Waals surface area contributed by atoms with Crippen LogP contribution in [0.2, 0.25) is 5.02 Å². The zero-order valence-electron chi connectivity index (χ0n) is 9.20. The van der Waals surface area contributed by atoms with Gasteiger partial charge in [0.1, 0.15) is 4.90 Å². The van der Waals surface area contributed by atoms with Crippen molar-refractivity contribution in [3.63, 3.8) is 0 Å². The Bertz CT molecular complexity index is 537. The summed E-state index contributed by atoms with van der Waals surface area (Å²) >= 11 is 5.82. The van der Waals surface area contributed by atoms with E-state index in [9.17, 15) is 8.42 Å². The van der Waals surface area contributed by atoms with E-state index >= 15 is 0 Å². The van der Waals surface area contributed by atoms with Crippen molar-refractivity contribution >= 4 is 21.6 Å². The summed E-state index contributed by atoms with van der Waals surface area (Å²) in [6.07, 6.45) is 0. The van der Waals surface area contributed by atoms with Crippen LogP contribution >= 0.6 is 11.6 Å². The van der Waals surface area contributed by atoms with Crippen molar-refractivity contribution in [1.82, 2.24) is 10.0 Å². The molecule has 5 nitrogen and oxygen atoms in total. The predicted molar refractivity (Wildman–Crippen MR) is 65.3 cm³/mol. The summed E-state index contributed by atoms with van der Waals surface area (Å²) in [6, 6.07) is 5.95. The van der Waals surface area contributed by atoms with Crippen molar-refractivity contribution in [3.05, 3.63) is 28.8 Å². The Morgan fingerprint density at radius 3 is 2.65 bits per heavy atom. The van der Waals surface area contributed by atoms with Gasteiger partial charge in [0.05, 0.1) is 16.7 Å². The summed E-state index contributed by atoms with van der Waals surface area (Å²) in [6.45, 7) is 0.794. The molecule has 92 valence electrons. The van der Waals surface area contributed by atoms with E-state index in [0.717, 1.165) is 0 Å². The molecule has 0 saturated carbocycles. The van der Waals surface area contributed by atoms with Gasteiger partial charge in [-0.25, -0.2) is 13.1 Å². The van der Waals surface area contributed by atoms with E-state index in [4.69, 9.17) is 16.9 Å². The fraction of sp³-hybridized carbons (Fsp3) is 0.300. The van der Waals surface area contributed by atoms with Crippen molar-refractivity contribution in [2.45, 2.75) is 4.90 Å². The van der Waals surface area contributed by atoms with Gasteiger partial charge in [0, 0.05) is 13.1 Å². The Hall–Kier alpha value is -1.13. The van der Waals surface area contributed by atoms with Gasteiger partial charge in [-0.1, -0.05) is 11.6 Å². The van der Waals surface area contributed by atoms with Crippen LogP contribution in [-0.2, 0) is 10.0 Å². The molecule has 0 aliphatic carbocycles.